The third-order valence-electron chi connectivity index (χ3n) is 2.63. The summed E-state index contributed by atoms with van der Waals surface area (Å²) in [5, 5.41) is 0.586. The van der Waals surface area contributed by atoms with Crippen molar-refractivity contribution < 1.29 is 9.53 Å². The van der Waals surface area contributed by atoms with Crippen LogP contribution in [0.2, 0.25) is 0 Å². The van der Waals surface area contributed by atoms with Crippen molar-refractivity contribution in [2.45, 2.75) is 16.8 Å². The lowest BCUT2D eigenvalue weighted by Crippen LogP contribution is -2.09. The predicted octanol–water partition coefficient (Wildman–Crippen LogP) is 1.55. The molecule has 1 atom stereocenters. The van der Waals surface area contributed by atoms with Crippen molar-refractivity contribution in [1.82, 2.24) is 9.97 Å². The molecular formula is C11H11N3O2S. The zero-order chi connectivity index (χ0) is 11.8. The van der Waals surface area contributed by atoms with E-state index in [0.29, 0.717) is 12.3 Å². The fourth-order valence-corrected chi connectivity index (χ4v) is 2.75. The summed E-state index contributed by atoms with van der Waals surface area (Å²) in [5.74, 6) is -0.157. The molecule has 1 unspecified atom stereocenters. The Morgan fingerprint density at radius 2 is 2.41 bits per heavy atom. The number of nitrogens with one attached hydrogen (secondary N) is 1. The number of esters is 1. The Morgan fingerprint density at radius 3 is 3.18 bits per heavy atom. The third kappa shape index (κ3) is 1.95. The number of H-pyrrole nitrogens is 1. The molecule has 2 heterocycles. The average Bonchev–Trinajstić information content (AvgIpc) is 2.85. The number of hydrogen-bond donors (Lipinski definition) is 2. The molecule has 0 radical (unpaired) electrons. The fourth-order valence-electron chi connectivity index (χ4n) is 1.78. The van der Waals surface area contributed by atoms with Gasteiger partial charge < -0.3 is 15.5 Å². The number of aromatic amines is 1. The number of nitrogens with two attached hydrogens (primary N) is 1. The Morgan fingerprint density at radius 1 is 1.53 bits per heavy atom. The first-order chi connectivity index (χ1) is 8.22. The molecule has 1 aliphatic heterocycles. The van der Waals surface area contributed by atoms with Gasteiger partial charge in [-0.25, -0.2) is 4.98 Å². The predicted molar refractivity (Wildman–Crippen MR) is 65.7 cm³/mol. The van der Waals surface area contributed by atoms with E-state index < -0.39 is 0 Å². The highest BCUT2D eigenvalue weighted by molar-refractivity contribution is 8.00. The number of rotatable bonds is 2. The van der Waals surface area contributed by atoms with Crippen LogP contribution < -0.4 is 5.73 Å². The number of benzene rings is 1. The first-order valence-corrected chi connectivity index (χ1v) is 6.19. The van der Waals surface area contributed by atoms with Crippen LogP contribution in [0.4, 0.5) is 5.69 Å². The summed E-state index contributed by atoms with van der Waals surface area (Å²) < 4.78 is 4.91. The van der Waals surface area contributed by atoms with Gasteiger partial charge in [0.2, 0.25) is 0 Å². The minimum Gasteiger partial charge on any atom is -0.465 e. The van der Waals surface area contributed by atoms with E-state index in [-0.39, 0.29) is 11.2 Å². The number of thioether (sulfide) groups is 1. The van der Waals surface area contributed by atoms with Crippen LogP contribution >= 0.6 is 11.8 Å². The van der Waals surface area contributed by atoms with E-state index in [1.54, 1.807) is 6.07 Å². The molecular weight excluding hydrogens is 238 g/mol. The van der Waals surface area contributed by atoms with Gasteiger partial charge in [0.05, 0.1) is 17.6 Å². The van der Waals surface area contributed by atoms with Gasteiger partial charge in [0.15, 0.2) is 5.16 Å². The lowest BCUT2D eigenvalue weighted by atomic mass is 10.3. The van der Waals surface area contributed by atoms with Crippen LogP contribution in [0.25, 0.3) is 11.0 Å². The van der Waals surface area contributed by atoms with Gasteiger partial charge in [-0.2, -0.15) is 0 Å². The Labute approximate surface area is 102 Å². The molecule has 0 spiro atoms. The molecule has 3 rings (SSSR count). The molecule has 0 bridgehead atoms. The van der Waals surface area contributed by atoms with Crippen molar-refractivity contribution in [3.05, 3.63) is 18.2 Å². The summed E-state index contributed by atoms with van der Waals surface area (Å²) in [4.78, 5) is 18.9. The maximum absolute atomic E-state index is 11.3. The van der Waals surface area contributed by atoms with E-state index in [1.165, 1.54) is 11.8 Å². The second-order valence-corrected chi connectivity index (χ2v) is 5.07. The maximum atomic E-state index is 11.3. The molecule has 1 aliphatic rings. The largest absolute Gasteiger partial charge is 0.465 e. The molecule has 0 saturated carbocycles. The first kappa shape index (κ1) is 10.5. The average molecular weight is 249 g/mol. The SMILES string of the molecule is Nc1ccc2nc(SC3CCOC3=O)[nH]c2c1. The number of nitrogen functional groups attached to an aromatic ring is 1. The monoisotopic (exact) mass is 249 g/mol. The lowest BCUT2D eigenvalue weighted by molar-refractivity contribution is -0.137. The standard InChI is InChI=1S/C11H11N3O2S/c12-6-1-2-7-8(5-6)14-11(13-7)17-9-3-4-16-10(9)15/h1-2,5,9H,3-4,12H2,(H,13,14). The molecule has 17 heavy (non-hydrogen) atoms. The maximum Gasteiger partial charge on any atom is 0.319 e. The van der Waals surface area contributed by atoms with Gasteiger partial charge in [-0.05, 0) is 18.2 Å². The summed E-state index contributed by atoms with van der Waals surface area (Å²) in [6.07, 6.45) is 0.739. The van der Waals surface area contributed by atoms with Crippen LogP contribution in [0.5, 0.6) is 0 Å². The smallest absolute Gasteiger partial charge is 0.319 e. The van der Waals surface area contributed by atoms with Crippen molar-refractivity contribution >= 4 is 34.5 Å². The van der Waals surface area contributed by atoms with Crippen LogP contribution in [0, 0.1) is 0 Å². The van der Waals surface area contributed by atoms with Gasteiger partial charge in [0.25, 0.3) is 0 Å². The van der Waals surface area contributed by atoms with Crippen molar-refractivity contribution in [1.29, 1.82) is 0 Å². The van der Waals surface area contributed by atoms with Gasteiger partial charge in [-0.1, -0.05) is 11.8 Å². The summed E-state index contributed by atoms with van der Waals surface area (Å²) in [6.45, 7) is 0.504. The number of ether oxygens (including phenoxy) is 1. The van der Waals surface area contributed by atoms with Gasteiger partial charge in [0.1, 0.15) is 5.25 Å². The summed E-state index contributed by atoms with van der Waals surface area (Å²) in [6, 6.07) is 5.50. The van der Waals surface area contributed by atoms with Gasteiger partial charge in [-0.3, -0.25) is 4.79 Å². The van der Waals surface area contributed by atoms with Crippen LogP contribution in [-0.2, 0) is 9.53 Å². The number of cyclic esters (lactones) is 1. The molecule has 5 nitrogen and oxygen atoms in total. The van der Waals surface area contributed by atoms with E-state index >= 15 is 0 Å². The molecule has 88 valence electrons. The van der Waals surface area contributed by atoms with E-state index in [0.717, 1.165) is 22.6 Å². The van der Waals surface area contributed by atoms with Gasteiger partial charge in [-0.15, -0.1) is 0 Å². The number of carbonyl (C=O) groups is 1. The molecule has 1 aromatic carbocycles. The highest BCUT2D eigenvalue weighted by Gasteiger charge is 2.28. The Balaban J connectivity index is 1.88. The van der Waals surface area contributed by atoms with E-state index in [2.05, 4.69) is 9.97 Å². The Bertz CT molecular complexity index is 581. The summed E-state index contributed by atoms with van der Waals surface area (Å²) in [5.41, 5.74) is 8.13. The number of aromatic nitrogens is 2. The number of hydrogen-bond acceptors (Lipinski definition) is 5. The number of nitrogens with zero attached hydrogens (tertiary/aromatic N) is 1. The van der Waals surface area contributed by atoms with Crippen LogP contribution in [0.1, 0.15) is 6.42 Å². The second-order valence-electron chi connectivity index (χ2n) is 3.88. The van der Waals surface area contributed by atoms with Crippen molar-refractivity contribution in [2.75, 3.05) is 12.3 Å². The molecule has 6 heteroatoms. The highest BCUT2D eigenvalue weighted by Crippen LogP contribution is 2.29. The fraction of sp³-hybridized carbons (Fsp3) is 0.273. The van der Waals surface area contributed by atoms with Crippen LogP contribution in [-0.4, -0.2) is 27.8 Å². The molecule has 2 aromatic rings. The zero-order valence-electron chi connectivity index (χ0n) is 8.97. The van der Waals surface area contributed by atoms with Crippen molar-refractivity contribution in [2.24, 2.45) is 0 Å². The van der Waals surface area contributed by atoms with Crippen molar-refractivity contribution in [3.63, 3.8) is 0 Å². The van der Waals surface area contributed by atoms with Crippen molar-refractivity contribution in [3.8, 4) is 0 Å². The number of anilines is 1. The third-order valence-corrected chi connectivity index (χ3v) is 3.75. The quantitative estimate of drug-likeness (QED) is 0.623. The molecule has 1 fully saturated rings. The van der Waals surface area contributed by atoms with E-state index in [1.807, 2.05) is 12.1 Å². The Hall–Kier alpha value is -1.69. The zero-order valence-corrected chi connectivity index (χ0v) is 9.79. The molecule has 0 aliphatic carbocycles. The normalized spacial score (nSPS) is 19.8. The summed E-state index contributed by atoms with van der Waals surface area (Å²) >= 11 is 1.41. The number of fused-ring (bicyclic) bond motifs is 1. The second kappa shape index (κ2) is 3.96. The van der Waals surface area contributed by atoms with E-state index in [9.17, 15) is 4.79 Å². The molecule has 1 aromatic heterocycles. The van der Waals surface area contributed by atoms with Gasteiger partial charge in [0, 0.05) is 12.1 Å². The number of carbonyl (C=O) groups excluding carboxylic acids is 1. The van der Waals surface area contributed by atoms with E-state index in [4.69, 9.17) is 10.5 Å². The minimum absolute atomic E-state index is 0.145. The van der Waals surface area contributed by atoms with Gasteiger partial charge >= 0.3 is 5.97 Å². The summed E-state index contributed by atoms with van der Waals surface area (Å²) in [7, 11) is 0. The molecule has 0 amide bonds. The topological polar surface area (TPSA) is 81.0 Å². The first-order valence-electron chi connectivity index (χ1n) is 5.31. The number of imidazole rings is 1. The van der Waals surface area contributed by atoms with Crippen LogP contribution in [0.15, 0.2) is 23.4 Å². The molecule has 3 N–H and O–H groups in total. The van der Waals surface area contributed by atoms with Crippen LogP contribution in [0.3, 0.4) is 0 Å². The lowest BCUT2D eigenvalue weighted by Gasteiger charge is -2.00. The Kier molecular flexibility index (Phi) is 2.44. The minimum atomic E-state index is -0.157. The highest BCUT2D eigenvalue weighted by atomic mass is 32.2. The molecule has 1 saturated heterocycles.